The second-order valence-electron chi connectivity index (χ2n) is 6.69. The number of fused-ring (bicyclic) bond motifs is 1. The number of rotatable bonds is 7. The zero-order chi connectivity index (χ0) is 19.9. The van der Waals surface area contributed by atoms with Gasteiger partial charge in [0.1, 0.15) is 0 Å². The van der Waals surface area contributed by atoms with Gasteiger partial charge < -0.3 is 20.3 Å². The summed E-state index contributed by atoms with van der Waals surface area (Å²) in [6.07, 6.45) is 0.939. The first-order valence-electron chi connectivity index (χ1n) is 9.43. The second-order valence-corrected chi connectivity index (χ2v) is 7.08. The molecule has 0 fully saturated rings. The fourth-order valence-corrected chi connectivity index (χ4v) is 3.33. The topological polar surface area (TPSA) is 68.4 Å². The first-order chi connectivity index (χ1) is 13.6. The molecule has 0 aliphatic heterocycles. The Labute approximate surface area is 170 Å². The van der Waals surface area contributed by atoms with Crippen LogP contribution in [0, 0.1) is 0 Å². The summed E-state index contributed by atoms with van der Waals surface area (Å²) < 4.78 is 0. The molecule has 3 aromatic rings. The van der Waals surface area contributed by atoms with Crippen LogP contribution in [0.2, 0.25) is 0 Å². The Balaban J connectivity index is 1.78. The normalized spacial score (nSPS) is 10.8. The lowest BCUT2D eigenvalue weighted by Gasteiger charge is -2.25. The van der Waals surface area contributed by atoms with E-state index in [-0.39, 0.29) is 12.2 Å². The van der Waals surface area contributed by atoms with Gasteiger partial charge in [0.25, 0.3) is 5.56 Å². The van der Waals surface area contributed by atoms with E-state index in [1.165, 1.54) is 5.56 Å². The Hall–Kier alpha value is -2.70. The van der Waals surface area contributed by atoms with Crippen molar-refractivity contribution in [2.24, 2.45) is 0 Å². The molecule has 2 aromatic carbocycles. The van der Waals surface area contributed by atoms with Crippen molar-refractivity contribution in [1.29, 1.82) is 0 Å². The van der Waals surface area contributed by atoms with Crippen LogP contribution in [-0.4, -0.2) is 33.3 Å². The molecule has 6 heteroatoms. The summed E-state index contributed by atoms with van der Waals surface area (Å²) in [5.41, 5.74) is 3.65. The number of hydrogen-bond acceptors (Lipinski definition) is 3. The number of benzene rings is 2. The van der Waals surface area contributed by atoms with Gasteiger partial charge in [-0.05, 0) is 53.4 Å². The van der Waals surface area contributed by atoms with Gasteiger partial charge in [-0.25, -0.2) is 0 Å². The van der Waals surface area contributed by atoms with Crippen LogP contribution in [0.15, 0.2) is 59.4 Å². The van der Waals surface area contributed by atoms with Crippen LogP contribution in [0.5, 0.6) is 0 Å². The minimum Gasteiger partial charge on any atom is -0.395 e. The minimum absolute atomic E-state index is 0.0430. The number of nitrogens with one attached hydrogen (secondary N) is 2. The van der Waals surface area contributed by atoms with Crippen molar-refractivity contribution in [3.63, 3.8) is 0 Å². The predicted octanol–water partition coefficient (Wildman–Crippen LogP) is 2.96. The fraction of sp³-hybridized carbons (Fsp3) is 0.273. The summed E-state index contributed by atoms with van der Waals surface area (Å²) in [4.78, 5) is 17.3. The van der Waals surface area contributed by atoms with Crippen molar-refractivity contribution in [3.8, 4) is 0 Å². The van der Waals surface area contributed by atoms with Gasteiger partial charge in [-0.15, -0.1) is 0 Å². The Kier molecular flexibility index (Phi) is 6.79. The quantitative estimate of drug-likeness (QED) is 0.537. The summed E-state index contributed by atoms with van der Waals surface area (Å²) in [6.45, 7) is 3.34. The molecule has 28 heavy (non-hydrogen) atoms. The third-order valence-electron chi connectivity index (χ3n) is 4.70. The maximum atomic E-state index is 12.5. The largest absolute Gasteiger partial charge is 0.395 e. The fourth-order valence-electron chi connectivity index (χ4n) is 3.10. The highest BCUT2D eigenvalue weighted by Gasteiger charge is 2.13. The predicted molar refractivity (Wildman–Crippen MR) is 117 cm³/mol. The molecule has 3 N–H and O–H groups in total. The van der Waals surface area contributed by atoms with Gasteiger partial charge >= 0.3 is 0 Å². The van der Waals surface area contributed by atoms with Gasteiger partial charge in [-0.1, -0.05) is 43.3 Å². The molecule has 146 valence electrons. The van der Waals surface area contributed by atoms with E-state index in [0.29, 0.717) is 30.3 Å². The SMILES string of the molecule is CCc1ccc2[nH]c(=O)c(CN(CCO)C(=S)NCc3ccccc3)cc2c1. The molecule has 0 saturated carbocycles. The van der Waals surface area contributed by atoms with Crippen molar-refractivity contribution in [3.05, 3.63) is 81.6 Å². The lowest BCUT2D eigenvalue weighted by Crippen LogP contribution is -2.41. The summed E-state index contributed by atoms with van der Waals surface area (Å²) in [7, 11) is 0. The van der Waals surface area contributed by atoms with Crippen molar-refractivity contribution >= 4 is 28.2 Å². The first-order valence-corrected chi connectivity index (χ1v) is 9.84. The molecule has 5 nitrogen and oxygen atoms in total. The second kappa shape index (κ2) is 9.48. The third kappa shape index (κ3) is 4.97. The van der Waals surface area contributed by atoms with Crippen LogP contribution in [0.4, 0.5) is 0 Å². The van der Waals surface area contributed by atoms with E-state index in [1.54, 1.807) is 0 Å². The highest BCUT2D eigenvalue weighted by molar-refractivity contribution is 7.80. The number of aromatic amines is 1. The average Bonchev–Trinajstić information content (AvgIpc) is 2.72. The van der Waals surface area contributed by atoms with E-state index in [0.717, 1.165) is 22.9 Å². The Morgan fingerprint density at radius 3 is 2.64 bits per heavy atom. The highest BCUT2D eigenvalue weighted by Crippen LogP contribution is 2.15. The third-order valence-corrected chi connectivity index (χ3v) is 5.10. The lowest BCUT2D eigenvalue weighted by molar-refractivity contribution is 0.245. The molecule has 0 bridgehead atoms. The number of hydrogen-bond donors (Lipinski definition) is 3. The number of pyridine rings is 1. The Morgan fingerprint density at radius 2 is 1.93 bits per heavy atom. The maximum Gasteiger partial charge on any atom is 0.253 e. The summed E-state index contributed by atoms with van der Waals surface area (Å²) in [6, 6.07) is 17.9. The standard InChI is InChI=1S/C22H25N3O2S/c1-2-16-8-9-20-18(12-16)13-19(21(27)24-20)15-25(10-11-26)22(28)23-14-17-6-4-3-5-7-17/h3-9,12-13,26H,2,10-11,14-15H2,1H3,(H,23,28)(H,24,27). The molecule has 0 spiro atoms. The number of nitrogens with zero attached hydrogens (tertiary/aromatic N) is 1. The van der Waals surface area contributed by atoms with Crippen molar-refractivity contribution in [2.75, 3.05) is 13.2 Å². The maximum absolute atomic E-state index is 12.5. The summed E-state index contributed by atoms with van der Waals surface area (Å²) in [5, 5.41) is 14.2. The summed E-state index contributed by atoms with van der Waals surface area (Å²) in [5.74, 6) is 0. The van der Waals surface area contributed by atoms with Gasteiger partial charge in [-0.3, -0.25) is 4.79 Å². The molecule has 0 saturated heterocycles. The van der Waals surface area contributed by atoms with Crippen LogP contribution >= 0.6 is 12.2 Å². The smallest absolute Gasteiger partial charge is 0.253 e. The molecule has 0 aliphatic carbocycles. The van der Waals surface area contributed by atoms with Crippen molar-refractivity contribution < 1.29 is 5.11 Å². The van der Waals surface area contributed by atoms with Crippen LogP contribution in [0.3, 0.4) is 0 Å². The Morgan fingerprint density at radius 1 is 1.14 bits per heavy atom. The van der Waals surface area contributed by atoms with Crippen LogP contribution in [0.25, 0.3) is 10.9 Å². The van der Waals surface area contributed by atoms with Gasteiger partial charge in [-0.2, -0.15) is 0 Å². The average molecular weight is 396 g/mol. The van der Waals surface area contributed by atoms with Gasteiger partial charge in [0.2, 0.25) is 0 Å². The zero-order valence-corrected chi connectivity index (χ0v) is 16.8. The van der Waals surface area contributed by atoms with Gasteiger partial charge in [0, 0.05) is 24.2 Å². The Bertz CT molecular complexity index is 1000. The molecule has 1 aromatic heterocycles. The van der Waals surface area contributed by atoms with E-state index in [9.17, 15) is 9.90 Å². The number of aromatic nitrogens is 1. The van der Waals surface area contributed by atoms with Crippen molar-refractivity contribution in [1.82, 2.24) is 15.2 Å². The van der Waals surface area contributed by atoms with Crippen LogP contribution in [-0.2, 0) is 19.5 Å². The number of aliphatic hydroxyl groups is 1. The highest BCUT2D eigenvalue weighted by atomic mass is 32.1. The van der Waals surface area contributed by atoms with E-state index in [1.807, 2.05) is 53.4 Å². The molecule has 0 amide bonds. The van der Waals surface area contributed by atoms with E-state index in [2.05, 4.69) is 23.3 Å². The zero-order valence-electron chi connectivity index (χ0n) is 15.9. The van der Waals surface area contributed by atoms with Crippen LogP contribution in [0.1, 0.15) is 23.6 Å². The first kappa shape index (κ1) is 20.0. The number of thiocarbonyl (C=S) groups is 1. The molecule has 3 rings (SSSR count). The molecular formula is C22H25N3O2S. The van der Waals surface area contributed by atoms with Gasteiger partial charge in [0.05, 0.1) is 13.2 Å². The molecular weight excluding hydrogens is 370 g/mol. The van der Waals surface area contributed by atoms with E-state index in [4.69, 9.17) is 12.2 Å². The van der Waals surface area contributed by atoms with Crippen LogP contribution < -0.4 is 10.9 Å². The van der Waals surface area contributed by atoms with Crippen molar-refractivity contribution in [2.45, 2.75) is 26.4 Å². The molecule has 0 atom stereocenters. The van der Waals surface area contributed by atoms with E-state index < -0.39 is 0 Å². The number of aliphatic hydroxyl groups excluding tert-OH is 1. The molecule has 0 radical (unpaired) electrons. The lowest BCUT2D eigenvalue weighted by atomic mass is 10.1. The molecule has 0 aliphatic rings. The number of aryl methyl sites for hydroxylation is 1. The van der Waals surface area contributed by atoms with E-state index >= 15 is 0 Å². The minimum atomic E-state index is -0.134. The monoisotopic (exact) mass is 395 g/mol. The van der Waals surface area contributed by atoms with Gasteiger partial charge in [0.15, 0.2) is 5.11 Å². The number of H-pyrrole nitrogens is 1. The summed E-state index contributed by atoms with van der Waals surface area (Å²) >= 11 is 5.51. The molecule has 0 unspecified atom stereocenters. The molecule has 1 heterocycles.